The molecule has 0 radical (unpaired) electrons. The number of nitrogens with two attached hydrogens (primary N) is 1. The van der Waals surface area contributed by atoms with E-state index in [1.54, 1.807) is 0 Å². The minimum atomic E-state index is 0.677. The van der Waals surface area contributed by atoms with Gasteiger partial charge in [0, 0.05) is 37.1 Å². The van der Waals surface area contributed by atoms with E-state index in [2.05, 4.69) is 21.2 Å². The fraction of sp³-hybridized carbons (Fsp3) is 0.778. The first-order valence-corrected chi connectivity index (χ1v) is 5.91. The summed E-state index contributed by atoms with van der Waals surface area (Å²) in [7, 11) is 0. The van der Waals surface area contributed by atoms with Crippen LogP contribution in [0.25, 0.3) is 0 Å². The van der Waals surface area contributed by atoms with Crippen molar-refractivity contribution >= 4 is 16.7 Å². The van der Waals surface area contributed by atoms with Crippen molar-refractivity contribution in [3.8, 4) is 0 Å². The van der Waals surface area contributed by atoms with Gasteiger partial charge in [0.05, 0.1) is 0 Å². The molecule has 1 heterocycles. The van der Waals surface area contributed by atoms with Gasteiger partial charge in [0.1, 0.15) is 5.82 Å². The van der Waals surface area contributed by atoms with Crippen molar-refractivity contribution < 1.29 is 0 Å². The van der Waals surface area contributed by atoms with Crippen LogP contribution in [0.3, 0.4) is 0 Å². The van der Waals surface area contributed by atoms with Gasteiger partial charge in [-0.05, 0) is 12.8 Å². The fourth-order valence-corrected chi connectivity index (χ4v) is 2.31. The van der Waals surface area contributed by atoms with E-state index < -0.39 is 0 Å². The molecular formula is C9H16N4S. The van der Waals surface area contributed by atoms with Crippen molar-refractivity contribution in [3.05, 3.63) is 5.82 Å². The summed E-state index contributed by atoms with van der Waals surface area (Å²) in [5, 5.41) is 1.05. The lowest BCUT2D eigenvalue weighted by Crippen LogP contribution is -2.31. The smallest absolute Gasteiger partial charge is 0.205 e. The number of hydrogen-bond donors (Lipinski definition) is 1. The predicted octanol–water partition coefficient (Wildman–Crippen LogP) is 1.03. The summed E-state index contributed by atoms with van der Waals surface area (Å²) in [4.78, 5) is 6.79. The lowest BCUT2D eigenvalue weighted by atomic mass is 10.5. The highest BCUT2D eigenvalue weighted by atomic mass is 32.1. The number of nitrogens with zero attached hydrogens (tertiary/aromatic N) is 3. The fourth-order valence-electron chi connectivity index (χ4n) is 1.46. The standard InChI is InChI=1S/C9H16N4S/c1-2-8-11-9(14-12-8)13(6-5-10)7-3-4-7/h7H,2-6,10H2,1H3. The van der Waals surface area contributed by atoms with Crippen molar-refractivity contribution in [3.63, 3.8) is 0 Å². The van der Waals surface area contributed by atoms with E-state index in [9.17, 15) is 0 Å². The number of aromatic nitrogens is 2. The van der Waals surface area contributed by atoms with Crippen LogP contribution in [-0.4, -0.2) is 28.5 Å². The first kappa shape index (κ1) is 9.86. The van der Waals surface area contributed by atoms with Gasteiger partial charge in [0.25, 0.3) is 0 Å². The Hall–Kier alpha value is -0.680. The van der Waals surface area contributed by atoms with E-state index in [1.807, 2.05) is 0 Å². The highest BCUT2D eigenvalue weighted by Gasteiger charge is 2.30. The summed E-state index contributed by atoms with van der Waals surface area (Å²) < 4.78 is 4.30. The van der Waals surface area contributed by atoms with E-state index in [0.29, 0.717) is 12.6 Å². The molecule has 0 unspecified atom stereocenters. The Morgan fingerprint density at radius 3 is 2.86 bits per heavy atom. The van der Waals surface area contributed by atoms with Crippen molar-refractivity contribution in [1.82, 2.24) is 9.36 Å². The molecule has 0 spiro atoms. The van der Waals surface area contributed by atoms with Crippen LogP contribution in [0.2, 0.25) is 0 Å². The highest BCUT2D eigenvalue weighted by molar-refractivity contribution is 7.09. The molecule has 2 N–H and O–H groups in total. The Morgan fingerprint density at radius 2 is 2.36 bits per heavy atom. The zero-order valence-electron chi connectivity index (χ0n) is 8.44. The van der Waals surface area contributed by atoms with Crippen LogP contribution >= 0.6 is 11.5 Å². The van der Waals surface area contributed by atoms with Crippen molar-refractivity contribution in [2.24, 2.45) is 5.73 Å². The van der Waals surface area contributed by atoms with Gasteiger partial charge in [-0.3, -0.25) is 0 Å². The summed E-state index contributed by atoms with van der Waals surface area (Å²) in [6.45, 7) is 3.68. The van der Waals surface area contributed by atoms with Gasteiger partial charge >= 0.3 is 0 Å². The van der Waals surface area contributed by atoms with Gasteiger partial charge in [-0.25, -0.2) is 4.98 Å². The lowest BCUT2D eigenvalue weighted by molar-refractivity contribution is 0.777. The van der Waals surface area contributed by atoms with Crippen LogP contribution in [0, 0.1) is 0 Å². The maximum Gasteiger partial charge on any atom is 0.205 e. The van der Waals surface area contributed by atoms with E-state index in [-0.39, 0.29) is 0 Å². The second kappa shape index (κ2) is 4.23. The zero-order valence-corrected chi connectivity index (χ0v) is 9.26. The molecule has 0 bridgehead atoms. The summed E-state index contributed by atoms with van der Waals surface area (Å²) in [5.74, 6) is 0.952. The van der Waals surface area contributed by atoms with Crippen LogP contribution in [0.1, 0.15) is 25.6 Å². The molecule has 0 saturated heterocycles. The van der Waals surface area contributed by atoms with E-state index in [1.165, 1.54) is 24.4 Å². The molecule has 1 fully saturated rings. The normalized spacial score (nSPS) is 15.9. The van der Waals surface area contributed by atoms with Gasteiger partial charge in [-0.15, -0.1) is 0 Å². The van der Waals surface area contributed by atoms with Gasteiger partial charge in [0.2, 0.25) is 5.13 Å². The maximum atomic E-state index is 5.59. The molecule has 0 amide bonds. The Labute approximate surface area is 88.3 Å². The van der Waals surface area contributed by atoms with Crippen molar-refractivity contribution in [2.45, 2.75) is 32.2 Å². The largest absolute Gasteiger partial charge is 0.343 e. The van der Waals surface area contributed by atoms with Crippen molar-refractivity contribution in [1.29, 1.82) is 0 Å². The number of hydrogen-bond acceptors (Lipinski definition) is 5. The molecule has 1 aliphatic carbocycles. The van der Waals surface area contributed by atoms with Crippen LogP contribution in [0.15, 0.2) is 0 Å². The molecule has 0 aromatic carbocycles. The molecule has 1 aliphatic rings. The molecule has 0 aliphatic heterocycles. The molecule has 2 rings (SSSR count). The molecule has 0 atom stereocenters. The molecule has 14 heavy (non-hydrogen) atoms. The SMILES string of the molecule is CCc1nsc(N(CCN)C2CC2)n1. The predicted molar refractivity (Wildman–Crippen MR) is 58.7 cm³/mol. The quantitative estimate of drug-likeness (QED) is 0.792. The Kier molecular flexibility index (Phi) is 2.98. The van der Waals surface area contributed by atoms with Gasteiger partial charge < -0.3 is 10.6 Å². The molecule has 1 aromatic rings. The highest BCUT2D eigenvalue weighted by Crippen LogP contribution is 2.32. The molecule has 5 heteroatoms. The van der Waals surface area contributed by atoms with Crippen LogP contribution in [-0.2, 0) is 6.42 Å². The average molecular weight is 212 g/mol. The Balaban J connectivity index is 2.08. The van der Waals surface area contributed by atoms with Gasteiger partial charge in [0.15, 0.2) is 0 Å². The molecular weight excluding hydrogens is 196 g/mol. The Morgan fingerprint density at radius 1 is 1.57 bits per heavy atom. The zero-order chi connectivity index (χ0) is 9.97. The molecule has 1 saturated carbocycles. The minimum Gasteiger partial charge on any atom is -0.343 e. The number of aryl methyl sites for hydroxylation is 1. The molecule has 1 aromatic heterocycles. The lowest BCUT2D eigenvalue weighted by Gasteiger charge is -2.19. The third kappa shape index (κ3) is 2.04. The summed E-state index contributed by atoms with van der Waals surface area (Å²) in [6.07, 6.45) is 3.47. The number of rotatable bonds is 5. The van der Waals surface area contributed by atoms with E-state index in [0.717, 1.165) is 23.9 Å². The van der Waals surface area contributed by atoms with Gasteiger partial charge in [-0.1, -0.05) is 6.92 Å². The molecule has 78 valence electrons. The van der Waals surface area contributed by atoms with Gasteiger partial charge in [-0.2, -0.15) is 4.37 Å². The van der Waals surface area contributed by atoms with Crippen LogP contribution in [0.5, 0.6) is 0 Å². The average Bonchev–Trinajstić information content (AvgIpc) is 2.92. The summed E-state index contributed by atoms with van der Waals surface area (Å²) in [5.41, 5.74) is 5.59. The minimum absolute atomic E-state index is 0.677. The number of anilines is 1. The third-order valence-corrected chi connectivity index (χ3v) is 3.17. The maximum absolute atomic E-state index is 5.59. The van der Waals surface area contributed by atoms with E-state index >= 15 is 0 Å². The summed E-state index contributed by atoms with van der Waals surface area (Å²) in [6, 6.07) is 0.677. The summed E-state index contributed by atoms with van der Waals surface area (Å²) >= 11 is 1.50. The first-order valence-electron chi connectivity index (χ1n) is 5.14. The Bertz CT molecular complexity index is 295. The van der Waals surface area contributed by atoms with Crippen molar-refractivity contribution in [2.75, 3.05) is 18.0 Å². The second-order valence-corrected chi connectivity index (χ2v) is 4.29. The monoisotopic (exact) mass is 212 g/mol. The van der Waals surface area contributed by atoms with Crippen LogP contribution in [0.4, 0.5) is 5.13 Å². The molecule has 4 nitrogen and oxygen atoms in total. The topological polar surface area (TPSA) is 55.0 Å². The van der Waals surface area contributed by atoms with Crippen LogP contribution < -0.4 is 10.6 Å². The first-order chi connectivity index (χ1) is 6.85. The third-order valence-electron chi connectivity index (χ3n) is 2.38. The second-order valence-electron chi connectivity index (χ2n) is 3.56. The van der Waals surface area contributed by atoms with E-state index in [4.69, 9.17) is 5.73 Å².